The molecule has 0 atom stereocenters. The first kappa shape index (κ1) is 23.7. The van der Waals surface area contributed by atoms with Crippen LogP contribution in [-0.4, -0.2) is 23.1 Å². The SMILES string of the molecule is C=C(CC(C)(C)C)NCCCCNc1nc2cc(C)ccc2nc1NN.CC. The second kappa shape index (κ2) is 11.5. The Balaban J connectivity index is 0.00000190. The lowest BCUT2D eigenvalue weighted by molar-refractivity contribution is 0.398. The average Bonchev–Trinajstić information content (AvgIpc) is 2.64. The number of unbranched alkanes of at least 4 members (excludes halogenated alkanes) is 1. The average molecular weight is 387 g/mol. The van der Waals surface area contributed by atoms with Crippen LogP contribution in [0.3, 0.4) is 0 Å². The second-order valence-electron chi connectivity index (χ2n) is 7.96. The Morgan fingerprint density at radius 2 is 1.68 bits per heavy atom. The molecule has 0 unspecified atom stereocenters. The van der Waals surface area contributed by atoms with Crippen LogP contribution >= 0.6 is 0 Å². The smallest absolute Gasteiger partial charge is 0.183 e. The molecule has 5 N–H and O–H groups in total. The van der Waals surface area contributed by atoms with Crippen molar-refractivity contribution in [3.63, 3.8) is 0 Å². The molecule has 1 aromatic heterocycles. The lowest BCUT2D eigenvalue weighted by Crippen LogP contribution is -2.19. The number of nitrogens with one attached hydrogen (secondary N) is 3. The normalized spacial score (nSPS) is 10.8. The molecule has 0 aliphatic rings. The Labute approximate surface area is 170 Å². The minimum atomic E-state index is 0.268. The van der Waals surface area contributed by atoms with Gasteiger partial charge in [-0.2, -0.15) is 0 Å². The topological polar surface area (TPSA) is 87.9 Å². The summed E-state index contributed by atoms with van der Waals surface area (Å²) in [6.45, 7) is 18.6. The summed E-state index contributed by atoms with van der Waals surface area (Å²) < 4.78 is 0. The third-order valence-electron chi connectivity index (χ3n) is 3.97. The summed E-state index contributed by atoms with van der Waals surface area (Å²) in [4.78, 5) is 9.17. The molecule has 0 spiro atoms. The van der Waals surface area contributed by atoms with Gasteiger partial charge in [0.05, 0.1) is 11.0 Å². The van der Waals surface area contributed by atoms with Crippen LogP contribution in [0, 0.1) is 12.3 Å². The van der Waals surface area contributed by atoms with Gasteiger partial charge in [-0.1, -0.05) is 47.3 Å². The first-order chi connectivity index (χ1) is 13.3. The maximum atomic E-state index is 5.59. The third-order valence-corrected chi connectivity index (χ3v) is 3.97. The lowest BCUT2D eigenvalue weighted by atomic mass is 9.91. The number of nitrogen functional groups attached to an aromatic ring is 1. The van der Waals surface area contributed by atoms with Crippen molar-refractivity contribution in [2.45, 2.75) is 60.8 Å². The fourth-order valence-electron chi connectivity index (χ4n) is 2.81. The summed E-state index contributed by atoms with van der Waals surface area (Å²) in [5.41, 5.74) is 6.86. The maximum Gasteiger partial charge on any atom is 0.183 e. The van der Waals surface area contributed by atoms with Gasteiger partial charge < -0.3 is 16.1 Å². The van der Waals surface area contributed by atoms with Gasteiger partial charge in [0.15, 0.2) is 11.6 Å². The van der Waals surface area contributed by atoms with Crippen LogP contribution in [0.4, 0.5) is 11.6 Å². The van der Waals surface area contributed by atoms with Crippen molar-refractivity contribution in [3.8, 4) is 0 Å². The van der Waals surface area contributed by atoms with Crippen molar-refractivity contribution >= 4 is 22.7 Å². The van der Waals surface area contributed by atoms with E-state index in [9.17, 15) is 0 Å². The number of fused-ring (bicyclic) bond motifs is 1. The fraction of sp³-hybridized carbons (Fsp3) is 0.545. The number of aromatic nitrogens is 2. The molecular weight excluding hydrogens is 348 g/mol. The Hall–Kier alpha value is -2.34. The summed E-state index contributed by atoms with van der Waals surface area (Å²) >= 11 is 0. The minimum Gasteiger partial charge on any atom is -0.389 e. The highest BCUT2D eigenvalue weighted by molar-refractivity contribution is 5.80. The van der Waals surface area contributed by atoms with E-state index in [1.807, 2.05) is 39.0 Å². The molecular formula is C22H38N6. The van der Waals surface area contributed by atoms with Crippen molar-refractivity contribution in [3.05, 3.63) is 36.0 Å². The lowest BCUT2D eigenvalue weighted by Gasteiger charge is -2.20. The quantitative estimate of drug-likeness (QED) is 0.276. The van der Waals surface area contributed by atoms with Gasteiger partial charge in [0.2, 0.25) is 0 Å². The number of rotatable bonds is 9. The number of hydrogen-bond donors (Lipinski definition) is 4. The zero-order valence-corrected chi connectivity index (χ0v) is 18.4. The molecule has 0 saturated heterocycles. The molecule has 0 aliphatic heterocycles. The molecule has 2 rings (SSSR count). The molecule has 0 amide bonds. The first-order valence-electron chi connectivity index (χ1n) is 10.2. The second-order valence-corrected chi connectivity index (χ2v) is 7.96. The van der Waals surface area contributed by atoms with Crippen LogP contribution in [0.5, 0.6) is 0 Å². The maximum absolute atomic E-state index is 5.59. The van der Waals surface area contributed by atoms with E-state index in [1.165, 1.54) is 0 Å². The van der Waals surface area contributed by atoms with Gasteiger partial charge >= 0.3 is 0 Å². The van der Waals surface area contributed by atoms with Crippen LogP contribution in [0.25, 0.3) is 11.0 Å². The number of benzene rings is 1. The minimum absolute atomic E-state index is 0.268. The van der Waals surface area contributed by atoms with Gasteiger partial charge in [-0.15, -0.1) is 0 Å². The van der Waals surface area contributed by atoms with Crippen molar-refractivity contribution in [1.29, 1.82) is 0 Å². The Morgan fingerprint density at radius 1 is 1.04 bits per heavy atom. The third kappa shape index (κ3) is 8.13. The molecule has 0 fully saturated rings. The van der Waals surface area contributed by atoms with Crippen molar-refractivity contribution in [1.82, 2.24) is 15.3 Å². The fourth-order valence-corrected chi connectivity index (χ4v) is 2.81. The highest BCUT2D eigenvalue weighted by Gasteiger charge is 2.11. The molecule has 1 heterocycles. The van der Waals surface area contributed by atoms with Crippen LogP contribution in [0.2, 0.25) is 0 Å². The predicted octanol–water partition coefficient (Wildman–Crippen LogP) is 4.98. The standard InChI is InChI=1S/C20H32N6.C2H6/c1-14-8-9-16-17(12-14)25-18(19(24-16)26-21)23-11-7-6-10-22-15(2)13-20(3,4)5;1-2/h8-9,12,22H,2,6-7,10-11,13,21H2,1,3-5H3,(H,23,25)(H,24,26);1-2H3. The van der Waals surface area contributed by atoms with E-state index >= 15 is 0 Å². The Bertz CT molecular complexity index is 749. The largest absolute Gasteiger partial charge is 0.389 e. The van der Waals surface area contributed by atoms with E-state index in [-0.39, 0.29) is 5.41 Å². The number of nitrogens with zero attached hydrogens (tertiary/aromatic N) is 2. The highest BCUT2D eigenvalue weighted by Crippen LogP contribution is 2.22. The molecule has 1 aromatic carbocycles. The van der Waals surface area contributed by atoms with Gasteiger partial charge in [0.1, 0.15) is 0 Å². The molecule has 6 nitrogen and oxygen atoms in total. The van der Waals surface area contributed by atoms with Crippen molar-refractivity contribution < 1.29 is 0 Å². The van der Waals surface area contributed by atoms with E-state index in [0.717, 1.165) is 54.6 Å². The Kier molecular flexibility index (Phi) is 9.73. The zero-order valence-electron chi connectivity index (χ0n) is 18.4. The molecule has 156 valence electrons. The molecule has 2 aromatic rings. The number of allylic oxidation sites excluding steroid dienone is 1. The van der Waals surface area contributed by atoms with Gasteiger partial charge in [0, 0.05) is 18.8 Å². The summed E-state index contributed by atoms with van der Waals surface area (Å²) in [6, 6.07) is 6.00. The van der Waals surface area contributed by atoms with E-state index in [4.69, 9.17) is 5.84 Å². The van der Waals surface area contributed by atoms with E-state index < -0.39 is 0 Å². The molecule has 0 aliphatic carbocycles. The molecule has 28 heavy (non-hydrogen) atoms. The molecule has 6 heteroatoms. The number of hydrogen-bond acceptors (Lipinski definition) is 6. The van der Waals surface area contributed by atoms with E-state index in [0.29, 0.717) is 11.6 Å². The van der Waals surface area contributed by atoms with E-state index in [1.54, 1.807) is 0 Å². The monoisotopic (exact) mass is 386 g/mol. The molecule has 0 bridgehead atoms. The molecule has 0 saturated carbocycles. The summed E-state index contributed by atoms with van der Waals surface area (Å²) in [5.74, 6) is 6.85. The predicted molar refractivity (Wildman–Crippen MR) is 122 cm³/mol. The number of aryl methyl sites for hydroxylation is 1. The van der Waals surface area contributed by atoms with Crippen LogP contribution < -0.4 is 21.9 Å². The van der Waals surface area contributed by atoms with Crippen molar-refractivity contribution in [2.75, 3.05) is 23.8 Å². The van der Waals surface area contributed by atoms with Gasteiger partial charge in [0.25, 0.3) is 0 Å². The van der Waals surface area contributed by atoms with Gasteiger partial charge in [-0.25, -0.2) is 15.8 Å². The number of hydrazine groups is 1. The van der Waals surface area contributed by atoms with Crippen LogP contribution in [-0.2, 0) is 0 Å². The highest BCUT2D eigenvalue weighted by atomic mass is 15.3. The number of nitrogens with two attached hydrogens (primary N) is 1. The summed E-state index contributed by atoms with van der Waals surface area (Å²) in [6.07, 6.45) is 3.07. The van der Waals surface area contributed by atoms with Gasteiger partial charge in [-0.3, -0.25) is 0 Å². The summed E-state index contributed by atoms with van der Waals surface area (Å²) in [5, 5.41) is 6.74. The van der Waals surface area contributed by atoms with Gasteiger partial charge in [-0.05, 0) is 49.3 Å². The number of anilines is 2. The molecule has 0 radical (unpaired) electrons. The summed E-state index contributed by atoms with van der Waals surface area (Å²) in [7, 11) is 0. The van der Waals surface area contributed by atoms with E-state index in [2.05, 4.69) is 53.4 Å². The van der Waals surface area contributed by atoms with Crippen molar-refractivity contribution in [2.24, 2.45) is 11.3 Å². The first-order valence-corrected chi connectivity index (χ1v) is 10.2. The zero-order chi connectivity index (χ0) is 21.2. The Morgan fingerprint density at radius 3 is 2.32 bits per heavy atom. The van der Waals surface area contributed by atoms with Crippen LogP contribution in [0.15, 0.2) is 30.5 Å². The van der Waals surface area contributed by atoms with Crippen LogP contribution in [0.1, 0.15) is 59.4 Å².